The highest BCUT2D eigenvalue weighted by Crippen LogP contribution is 2.37. The van der Waals surface area contributed by atoms with Gasteiger partial charge in [0.25, 0.3) is 0 Å². The highest BCUT2D eigenvalue weighted by atomic mass is 32.1. The number of rotatable bonds is 6. The van der Waals surface area contributed by atoms with E-state index in [1.54, 1.807) is 0 Å². The average Bonchev–Trinajstić information content (AvgIpc) is 2.26. The molecule has 0 heterocycles. The highest BCUT2D eigenvalue weighted by molar-refractivity contribution is 7.80. The normalized spacial score (nSPS) is 21.0. The monoisotopic (exact) mass is 216 g/mol. The molecule has 1 aliphatic rings. The Balaban J connectivity index is 2.22. The summed E-state index contributed by atoms with van der Waals surface area (Å²) in [6, 6.07) is 0. The predicted octanol–water partition coefficient (Wildman–Crippen LogP) is 3.68. The number of hydrogen-bond acceptors (Lipinski definition) is 2. The molecule has 0 aromatic carbocycles. The van der Waals surface area contributed by atoms with Crippen molar-refractivity contribution in [1.29, 1.82) is 0 Å². The van der Waals surface area contributed by atoms with Crippen molar-refractivity contribution in [2.45, 2.75) is 51.9 Å². The fraction of sp³-hybridized carbons (Fsp3) is 1.00. The molecule has 1 rings (SSSR count). The molecular weight excluding hydrogens is 192 g/mol. The molecule has 2 heteroatoms. The Morgan fingerprint density at radius 1 is 1.21 bits per heavy atom. The molecule has 0 atom stereocenters. The van der Waals surface area contributed by atoms with E-state index in [4.69, 9.17) is 4.74 Å². The second-order valence-corrected chi connectivity index (χ2v) is 4.94. The molecule has 0 radical (unpaired) electrons. The van der Waals surface area contributed by atoms with E-state index in [0.717, 1.165) is 19.0 Å². The van der Waals surface area contributed by atoms with Gasteiger partial charge in [-0.3, -0.25) is 0 Å². The third-order valence-electron chi connectivity index (χ3n) is 3.30. The summed E-state index contributed by atoms with van der Waals surface area (Å²) in [7, 11) is 0. The van der Waals surface area contributed by atoms with Crippen molar-refractivity contribution >= 4 is 12.6 Å². The quantitative estimate of drug-likeness (QED) is 0.526. The van der Waals surface area contributed by atoms with E-state index >= 15 is 0 Å². The third-order valence-corrected chi connectivity index (χ3v) is 3.97. The van der Waals surface area contributed by atoms with E-state index < -0.39 is 0 Å². The van der Waals surface area contributed by atoms with E-state index in [2.05, 4.69) is 19.6 Å². The van der Waals surface area contributed by atoms with Crippen molar-refractivity contribution in [3.63, 3.8) is 0 Å². The van der Waals surface area contributed by atoms with E-state index in [9.17, 15) is 0 Å². The second kappa shape index (κ2) is 6.73. The number of thiol groups is 1. The average molecular weight is 216 g/mol. The van der Waals surface area contributed by atoms with Crippen molar-refractivity contribution in [1.82, 2.24) is 0 Å². The lowest BCUT2D eigenvalue weighted by Crippen LogP contribution is -2.31. The van der Waals surface area contributed by atoms with Crippen LogP contribution in [0.5, 0.6) is 0 Å². The minimum Gasteiger partial charge on any atom is -0.381 e. The maximum atomic E-state index is 5.76. The van der Waals surface area contributed by atoms with Crippen molar-refractivity contribution in [3.05, 3.63) is 0 Å². The summed E-state index contributed by atoms with van der Waals surface area (Å²) in [6.07, 6.45) is 9.22. The van der Waals surface area contributed by atoms with Crippen LogP contribution in [0.4, 0.5) is 0 Å². The van der Waals surface area contributed by atoms with Gasteiger partial charge in [0.05, 0.1) is 6.61 Å². The molecule has 0 bridgehead atoms. The summed E-state index contributed by atoms with van der Waals surface area (Å²) >= 11 is 4.49. The number of unbranched alkanes of at least 4 members (excludes halogenated alkanes) is 1. The Morgan fingerprint density at radius 3 is 2.50 bits per heavy atom. The van der Waals surface area contributed by atoms with Gasteiger partial charge < -0.3 is 4.74 Å². The van der Waals surface area contributed by atoms with Crippen LogP contribution in [-0.2, 0) is 4.74 Å². The van der Waals surface area contributed by atoms with Gasteiger partial charge in [-0.1, -0.05) is 32.6 Å². The maximum Gasteiger partial charge on any atom is 0.0530 e. The van der Waals surface area contributed by atoms with Crippen LogP contribution in [0.25, 0.3) is 0 Å². The zero-order valence-corrected chi connectivity index (χ0v) is 10.3. The molecule has 0 unspecified atom stereocenters. The standard InChI is InChI=1S/C12H24OS/c1-2-3-9-13-10-12(11-14)7-5-4-6-8-12/h14H,2-11H2,1H3. The summed E-state index contributed by atoms with van der Waals surface area (Å²) in [5.41, 5.74) is 0.412. The first kappa shape index (κ1) is 12.4. The summed E-state index contributed by atoms with van der Waals surface area (Å²) in [6.45, 7) is 4.08. The van der Waals surface area contributed by atoms with E-state index in [-0.39, 0.29) is 0 Å². The minimum atomic E-state index is 0.412. The Hall–Kier alpha value is 0.310. The zero-order chi connectivity index (χ0) is 10.3. The smallest absolute Gasteiger partial charge is 0.0530 e. The molecule has 14 heavy (non-hydrogen) atoms. The summed E-state index contributed by atoms with van der Waals surface area (Å²) < 4.78 is 5.76. The van der Waals surface area contributed by atoms with Gasteiger partial charge in [-0.15, -0.1) is 0 Å². The summed E-state index contributed by atoms with van der Waals surface area (Å²) in [5.74, 6) is 0.999. The molecule has 1 nitrogen and oxygen atoms in total. The Labute approximate surface area is 94.0 Å². The maximum absolute atomic E-state index is 5.76. The van der Waals surface area contributed by atoms with Gasteiger partial charge in [0.1, 0.15) is 0 Å². The first-order valence-electron chi connectivity index (χ1n) is 6.01. The molecule has 1 fully saturated rings. The Kier molecular flexibility index (Phi) is 5.95. The second-order valence-electron chi connectivity index (χ2n) is 4.62. The summed E-state index contributed by atoms with van der Waals surface area (Å²) in [4.78, 5) is 0. The first-order chi connectivity index (χ1) is 6.83. The predicted molar refractivity (Wildman–Crippen MR) is 65.1 cm³/mol. The molecule has 1 saturated carbocycles. The fourth-order valence-electron chi connectivity index (χ4n) is 2.18. The van der Waals surface area contributed by atoms with Crippen LogP contribution in [0.2, 0.25) is 0 Å². The van der Waals surface area contributed by atoms with Gasteiger partial charge in [-0.2, -0.15) is 12.6 Å². The zero-order valence-electron chi connectivity index (χ0n) is 9.43. The minimum absolute atomic E-state index is 0.412. The van der Waals surface area contributed by atoms with Crippen molar-refractivity contribution in [2.24, 2.45) is 5.41 Å². The van der Waals surface area contributed by atoms with Crippen LogP contribution in [0.1, 0.15) is 51.9 Å². The van der Waals surface area contributed by atoms with Crippen LogP contribution < -0.4 is 0 Å². The molecule has 0 spiro atoms. The van der Waals surface area contributed by atoms with Crippen molar-refractivity contribution in [2.75, 3.05) is 19.0 Å². The van der Waals surface area contributed by atoms with Crippen molar-refractivity contribution < 1.29 is 4.74 Å². The lowest BCUT2D eigenvalue weighted by Gasteiger charge is -2.35. The van der Waals surface area contributed by atoms with Gasteiger partial charge in [0.2, 0.25) is 0 Å². The van der Waals surface area contributed by atoms with Crippen LogP contribution in [0.15, 0.2) is 0 Å². The third kappa shape index (κ3) is 3.82. The van der Waals surface area contributed by atoms with Crippen LogP contribution in [0, 0.1) is 5.41 Å². The van der Waals surface area contributed by atoms with Gasteiger partial charge in [-0.25, -0.2) is 0 Å². The van der Waals surface area contributed by atoms with Gasteiger partial charge in [-0.05, 0) is 25.0 Å². The Bertz CT molecular complexity index is 141. The number of ether oxygens (including phenoxy) is 1. The molecule has 1 aliphatic carbocycles. The largest absolute Gasteiger partial charge is 0.381 e. The van der Waals surface area contributed by atoms with Gasteiger partial charge >= 0.3 is 0 Å². The lowest BCUT2D eigenvalue weighted by molar-refractivity contribution is 0.0332. The topological polar surface area (TPSA) is 9.23 Å². The first-order valence-corrected chi connectivity index (χ1v) is 6.65. The molecule has 84 valence electrons. The molecule has 0 saturated heterocycles. The molecule has 0 amide bonds. The molecule has 0 aromatic rings. The van der Waals surface area contributed by atoms with E-state index in [1.807, 2.05) is 0 Å². The highest BCUT2D eigenvalue weighted by Gasteiger charge is 2.30. The molecule has 0 aromatic heterocycles. The van der Waals surface area contributed by atoms with Crippen LogP contribution in [-0.4, -0.2) is 19.0 Å². The van der Waals surface area contributed by atoms with Crippen molar-refractivity contribution in [3.8, 4) is 0 Å². The molecule has 0 N–H and O–H groups in total. The van der Waals surface area contributed by atoms with Crippen LogP contribution >= 0.6 is 12.6 Å². The van der Waals surface area contributed by atoms with Gasteiger partial charge in [0, 0.05) is 12.0 Å². The fourth-order valence-corrected chi connectivity index (χ4v) is 2.59. The number of hydrogen-bond donors (Lipinski definition) is 1. The SMILES string of the molecule is CCCCOCC1(CS)CCCCC1. The Morgan fingerprint density at radius 2 is 1.93 bits per heavy atom. The lowest BCUT2D eigenvalue weighted by atomic mass is 9.76. The molecular formula is C12H24OS. The van der Waals surface area contributed by atoms with Crippen LogP contribution in [0.3, 0.4) is 0 Å². The van der Waals surface area contributed by atoms with E-state index in [0.29, 0.717) is 5.41 Å². The molecule has 0 aliphatic heterocycles. The summed E-state index contributed by atoms with van der Waals surface area (Å²) in [5, 5.41) is 0. The van der Waals surface area contributed by atoms with E-state index in [1.165, 1.54) is 44.9 Å². The van der Waals surface area contributed by atoms with Gasteiger partial charge in [0.15, 0.2) is 0 Å².